The largest absolute Gasteiger partial charge is 0.462 e. The summed E-state index contributed by atoms with van der Waals surface area (Å²) in [6.07, 6.45) is 0.415. The lowest BCUT2D eigenvalue weighted by Gasteiger charge is -2.09. The van der Waals surface area contributed by atoms with Gasteiger partial charge in [-0.2, -0.15) is 0 Å². The zero-order valence-corrected chi connectivity index (χ0v) is 19.2. The molecule has 0 radical (unpaired) electrons. The molecule has 0 saturated heterocycles. The fourth-order valence-corrected chi connectivity index (χ4v) is 2.75. The lowest BCUT2D eigenvalue weighted by Crippen LogP contribution is -2.21. The molecule has 176 valence electrons. The number of carbonyl (C=O) groups excluding carboxylic acids is 4. The van der Waals surface area contributed by atoms with Gasteiger partial charge in [-0.25, -0.2) is 4.79 Å². The van der Waals surface area contributed by atoms with Crippen molar-refractivity contribution in [2.75, 3.05) is 23.8 Å². The van der Waals surface area contributed by atoms with Gasteiger partial charge in [0.1, 0.15) is 0 Å². The Bertz CT molecular complexity index is 969. The minimum absolute atomic E-state index is 0.0195. The molecule has 8 heteroatoms. The third kappa shape index (κ3) is 9.55. The lowest BCUT2D eigenvalue weighted by atomic mass is 10.2. The number of ether oxygens (including phenoxy) is 2. The standard InChI is InChI=1S/C25H30N2O6/c1-17(2)15-33-25(31)19-11-13-20(14-12-19)26-22(28)9-6-10-24(30)32-16-23(29)27-21-8-5-4-7-18(21)3/h4-5,7-8,11-14,17H,6,9-10,15-16H2,1-3H3,(H,26,28)(H,27,29). The molecule has 0 spiro atoms. The predicted octanol–water partition coefficient (Wildman–Crippen LogP) is 4.10. The molecule has 2 amide bonds. The van der Waals surface area contributed by atoms with Gasteiger partial charge in [-0.1, -0.05) is 32.0 Å². The zero-order chi connectivity index (χ0) is 24.2. The first-order chi connectivity index (χ1) is 15.7. The number of aryl methyl sites for hydroxylation is 1. The highest BCUT2D eigenvalue weighted by Gasteiger charge is 2.11. The molecule has 0 aliphatic heterocycles. The fraction of sp³-hybridized carbons (Fsp3) is 0.360. The van der Waals surface area contributed by atoms with Gasteiger partial charge in [0.2, 0.25) is 5.91 Å². The molecular formula is C25H30N2O6. The van der Waals surface area contributed by atoms with Gasteiger partial charge in [-0.05, 0) is 55.2 Å². The Labute approximate surface area is 193 Å². The molecule has 0 aliphatic rings. The number of benzene rings is 2. The Morgan fingerprint density at radius 3 is 2.21 bits per heavy atom. The van der Waals surface area contributed by atoms with E-state index in [1.807, 2.05) is 32.9 Å². The van der Waals surface area contributed by atoms with Crippen LogP contribution in [-0.2, 0) is 23.9 Å². The van der Waals surface area contributed by atoms with Crippen molar-refractivity contribution >= 4 is 35.1 Å². The second-order valence-corrected chi connectivity index (χ2v) is 8.00. The predicted molar refractivity (Wildman–Crippen MR) is 125 cm³/mol. The number of rotatable bonds is 11. The van der Waals surface area contributed by atoms with Crippen LogP contribution >= 0.6 is 0 Å². The Kier molecular flexibility index (Phi) is 10.1. The van der Waals surface area contributed by atoms with Crippen LogP contribution in [0.15, 0.2) is 48.5 Å². The summed E-state index contributed by atoms with van der Waals surface area (Å²) in [6, 6.07) is 13.7. The highest BCUT2D eigenvalue weighted by atomic mass is 16.5. The van der Waals surface area contributed by atoms with E-state index in [-0.39, 0.29) is 37.7 Å². The minimum atomic E-state index is -0.549. The van der Waals surface area contributed by atoms with E-state index in [2.05, 4.69) is 10.6 Å². The third-order valence-corrected chi connectivity index (χ3v) is 4.52. The van der Waals surface area contributed by atoms with Crippen molar-refractivity contribution < 1.29 is 28.7 Å². The van der Waals surface area contributed by atoms with E-state index in [1.54, 1.807) is 36.4 Å². The maximum atomic E-state index is 12.1. The summed E-state index contributed by atoms with van der Waals surface area (Å²) in [6.45, 7) is 5.73. The molecule has 0 unspecified atom stereocenters. The van der Waals surface area contributed by atoms with Crippen LogP contribution in [0, 0.1) is 12.8 Å². The van der Waals surface area contributed by atoms with Crippen LogP contribution in [0.5, 0.6) is 0 Å². The molecule has 0 bridgehead atoms. The van der Waals surface area contributed by atoms with Crippen LogP contribution in [0.4, 0.5) is 11.4 Å². The maximum Gasteiger partial charge on any atom is 0.338 e. The van der Waals surface area contributed by atoms with Crippen LogP contribution < -0.4 is 10.6 Å². The van der Waals surface area contributed by atoms with E-state index in [0.717, 1.165) is 5.56 Å². The molecule has 0 aromatic heterocycles. The van der Waals surface area contributed by atoms with E-state index in [1.165, 1.54) is 0 Å². The number of anilines is 2. The highest BCUT2D eigenvalue weighted by molar-refractivity contribution is 5.94. The van der Waals surface area contributed by atoms with Crippen molar-refractivity contribution in [1.82, 2.24) is 0 Å². The Hall–Kier alpha value is -3.68. The van der Waals surface area contributed by atoms with Crippen molar-refractivity contribution in [3.63, 3.8) is 0 Å². The molecule has 2 rings (SSSR count). The maximum absolute atomic E-state index is 12.1. The molecular weight excluding hydrogens is 424 g/mol. The monoisotopic (exact) mass is 454 g/mol. The molecule has 2 aromatic carbocycles. The fourth-order valence-electron chi connectivity index (χ4n) is 2.75. The van der Waals surface area contributed by atoms with Crippen molar-refractivity contribution in [1.29, 1.82) is 0 Å². The average molecular weight is 455 g/mol. The second kappa shape index (κ2) is 13.0. The molecule has 33 heavy (non-hydrogen) atoms. The first-order valence-electron chi connectivity index (χ1n) is 10.8. The number of amides is 2. The minimum Gasteiger partial charge on any atom is -0.462 e. The molecule has 0 aliphatic carbocycles. The van der Waals surface area contributed by atoms with E-state index < -0.39 is 17.8 Å². The van der Waals surface area contributed by atoms with Gasteiger partial charge in [0.15, 0.2) is 6.61 Å². The van der Waals surface area contributed by atoms with Crippen LogP contribution in [0.1, 0.15) is 49.0 Å². The van der Waals surface area contributed by atoms with Crippen LogP contribution in [0.3, 0.4) is 0 Å². The van der Waals surface area contributed by atoms with Gasteiger partial charge in [0.25, 0.3) is 5.91 Å². The number of hydrogen-bond donors (Lipinski definition) is 2. The molecule has 0 saturated carbocycles. The summed E-state index contributed by atoms with van der Waals surface area (Å²) in [7, 11) is 0. The first kappa shape index (κ1) is 25.6. The summed E-state index contributed by atoms with van der Waals surface area (Å²) < 4.78 is 10.1. The van der Waals surface area contributed by atoms with Crippen molar-refractivity contribution in [2.24, 2.45) is 5.92 Å². The summed E-state index contributed by atoms with van der Waals surface area (Å²) >= 11 is 0. The molecule has 0 heterocycles. The van der Waals surface area contributed by atoms with E-state index >= 15 is 0 Å². The quantitative estimate of drug-likeness (QED) is 0.495. The Morgan fingerprint density at radius 1 is 0.848 bits per heavy atom. The molecule has 8 nitrogen and oxygen atoms in total. The van der Waals surface area contributed by atoms with Crippen LogP contribution in [0.2, 0.25) is 0 Å². The van der Waals surface area contributed by atoms with Gasteiger partial charge >= 0.3 is 11.9 Å². The smallest absolute Gasteiger partial charge is 0.338 e. The second-order valence-electron chi connectivity index (χ2n) is 8.00. The van der Waals surface area contributed by atoms with Crippen LogP contribution in [0.25, 0.3) is 0 Å². The van der Waals surface area contributed by atoms with Gasteiger partial charge in [0, 0.05) is 24.2 Å². The lowest BCUT2D eigenvalue weighted by molar-refractivity contribution is -0.147. The molecule has 2 aromatic rings. The third-order valence-electron chi connectivity index (χ3n) is 4.52. The summed E-state index contributed by atoms with van der Waals surface area (Å²) in [5.41, 5.74) is 2.51. The number of carbonyl (C=O) groups is 4. The number of para-hydroxylation sites is 1. The summed E-state index contributed by atoms with van der Waals surface area (Å²) in [5.74, 6) is -1.40. The van der Waals surface area contributed by atoms with Gasteiger partial charge < -0.3 is 20.1 Å². The van der Waals surface area contributed by atoms with Gasteiger partial charge in [-0.3, -0.25) is 14.4 Å². The van der Waals surface area contributed by atoms with E-state index in [4.69, 9.17) is 9.47 Å². The van der Waals surface area contributed by atoms with Crippen molar-refractivity contribution in [3.05, 3.63) is 59.7 Å². The Balaban J connectivity index is 1.65. The van der Waals surface area contributed by atoms with Crippen molar-refractivity contribution in [2.45, 2.75) is 40.0 Å². The average Bonchev–Trinajstić information content (AvgIpc) is 2.78. The normalized spacial score (nSPS) is 10.4. The summed E-state index contributed by atoms with van der Waals surface area (Å²) in [4.78, 5) is 47.7. The van der Waals surface area contributed by atoms with E-state index in [0.29, 0.717) is 23.5 Å². The van der Waals surface area contributed by atoms with Crippen LogP contribution in [-0.4, -0.2) is 37.0 Å². The topological polar surface area (TPSA) is 111 Å². The summed E-state index contributed by atoms with van der Waals surface area (Å²) in [5, 5.41) is 5.39. The SMILES string of the molecule is Cc1ccccc1NC(=O)COC(=O)CCCC(=O)Nc1ccc(C(=O)OCC(C)C)cc1. The van der Waals surface area contributed by atoms with E-state index in [9.17, 15) is 19.2 Å². The van der Waals surface area contributed by atoms with Gasteiger partial charge in [0.05, 0.1) is 12.2 Å². The first-order valence-corrected chi connectivity index (χ1v) is 10.8. The molecule has 2 N–H and O–H groups in total. The van der Waals surface area contributed by atoms with Crippen molar-refractivity contribution in [3.8, 4) is 0 Å². The number of esters is 2. The zero-order valence-electron chi connectivity index (χ0n) is 19.2. The molecule has 0 fully saturated rings. The number of nitrogens with one attached hydrogen (secondary N) is 2. The number of hydrogen-bond acceptors (Lipinski definition) is 6. The Morgan fingerprint density at radius 2 is 1.55 bits per heavy atom. The molecule has 0 atom stereocenters. The van der Waals surface area contributed by atoms with Gasteiger partial charge in [-0.15, -0.1) is 0 Å². The highest BCUT2D eigenvalue weighted by Crippen LogP contribution is 2.14.